The van der Waals surface area contributed by atoms with Crippen molar-refractivity contribution in [2.45, 2.75) is 6.42 Å². The molecule has 4 rings (SSSR count). The number of carbonyl (C=O) groups excluding carboxylic acids is 2. The topological polar surface area (TPSA) is 53.0 Å². The Labute approximate surface area is 140 Å². The molecular formula is C19H17N3O2. The van der Waals surface area contributed by atoms with Crippen molar-refractivity contribution >= 4 is 29.4 Å². The first-order chi connectivity index (χ1) is 11.7. The minimum atomic E-state index is -0.156. The van der Waals surface area contributed by atoms with E-state index in [0.29, 0.717) is 6.54 Å². The minimum Gasteiger partial charge on any atom is -0.310 e. The largest absolute Gasteiger partial charge is 0.310 e. The zero-order valence-corrected chi connectivity index (χ0v) is 13.2. The van der Waals surface area contributed by atoms with Crippen LogP contribution in [0.5, 0.6) is 0 Å². The number of fused-ring (bicyclic) bond motifs is 2. The Morgan fingerprint density at radius 3 is 2.67 bits per heavy atom. The van der Waals surface area contributed by atoms with Gasteiger partial charge in [0.25, 0.3) is 0 Å². The lowest BCUT2D eigenvalue weighted by Crippen LogP contribution is -2.43. The van der Waals surface area contributed by atoms with Gasteiger partial charge in [0.15, 0.2) is 0 Å². The Balaban J connectivity index is 1.61. The zero-order chi connectivity index (χ0) is 16.5. The van der Waals surface area contributed by atoms with Crippen LogP contribution >= 0.6 is 0 Å². The van der Waals surface area contributed by atoms with E-state index < -0.39 is 0 Å². The van der Waals surface area contributed by atoms with E-state index in [4.69, 9.17) is 0 Å². The summed E-state index contributed by atoms with van der Waals surface area (Å²) >= 11 is 0. The van der Waals surface area contributed by atoms with E-state index in [1.54, 1.807) is 16.0 Å². The van der Waals surface area contributed by atoms with Crippen LogP contribution in [0.2, 0.25) is 0 Å². The Hall–Kier alpha value is -2.95. The number of benzodiazepines with no additional fused rings is 1. The molecule has 2 heterocycles. The summed E-state index contributed by atoms with van der Waals surface area (Å²) in [6.45, 7) is 0.768. The maximum atomic E-state index is 12.8. The van der Waals surface area contributed by atoms with Gasteiger partial charge in [0.05, 0.1) is 5.69 Å². The van der Waals surface area contributed by atoms with Crippen molar-refractivity contribution in [3.63, 3.8) is 0 Å². The van der Waals surface area contributed by atoms with E-state index in [2.05, 4.69) is 4.99 Å². The van der Waals surface area contributed by atoms with Crippen molar-refractivity contribution in [1.29, 1.82) is 0 Å². The summed E-state index contributed by atoms with van der Waals surface area (Å²) in [5, 5.41) is 0. The Bertz CT molecular complexity index is 844. The Kier molecular flexibility index (Phi) is 3.61. The van der Waals surface area contributed by atoms with E-state index in [1.807, 2.05) is 48.5 Å². The second kappa shape index (κ2) is 5.92. The number of hydrogen-bond donors (Lipinski definition) is 0. The van der Waals surface area contributed by atoms with Crippen molar-refractivity contribution in [3.05, 3.63) is 59.7 Å². The monoisotopic (exact) mass is 319 g/mol. The lowest BCUT2D eigenvalue weighted by molar-refractivity contribution is -0.121. The standard InChI is InChI=1S/C19H17N3O2/c23-18-12-20-11-15-6-2-4-8-17(15)22(18)13-19(24)21-10-9-14-5-1-3-7-16(14)21/h1-8,11H,9-10,12-13H2. The molecule has 24 heavy (non-hydrogen) atoms. The van der Waals surface area contributed by atoms with E-state index in [9.17, 15) is 9.59 Å². The van der Waals surface area contributed by atoms with Gasteiger partial charge in [-0.15, -0.1) is 0 Å². The van der Waals surface area contributed by atoms with Crippen LogP contribution in [0, 0.1) is 0 Å². The van der Waals surface area contributed by atoms with Crippen molar-refractivity contribution < 1.29 is 9.59 Å². The summed E-state index contributed by atoms with van der Waals surface area (Å²) in [5.74, 6) is -0.220. The van der Waals surface area contributed by atoms with Gasteiger partial charge in [0, 0.05) is 24.0 Å². The average Bonchev–Trinajstić information content (AvgIpc) is 2.97. The number of amides is 2. The first-order valence-corrected chi connectivity index (χ1v) is 8.01. The first-order valence-electron chi connectivity index (χ1n) is 8.01. The predicted molar refractivity (Wildman–Crippen MR) is 93.8 cm³/mol. The van der Waals surface area contributed by atoms with E-state index in [0.717, 1.165) is 23.4 Å². The van der Waals surface area contributed by atoms with Gasteiger partial charge in [-0.25, -0.2) is 0 Å². The quantitative estimate of drug-likeness (QED) is 0.850. The van der Waals surface area contributed by atoms with Crippen molar-refractivity contribution in [2.24, 2.45) is 4.99 Å². The molecule has 0 aromatic heterocycles. The molecular weight excluding hydrogens is 302 g/mol. The van der Waals surface area contributed by atoms with E-state index >= 15 is 0 Å². The molecule has 2 aliphatic rings. The molecule has 2 aliphatic heterocycles. The molecule has 2 amide bonds. The summed E-state index contributed by atoms with van der Waals surface area (Å²) in [4.78, 5) is 32.7. The molecule has 2 aromatic carbocycles. The smallest absolute Gasteiger partial charge is 0.249 e. The number of anilines is 2. The highest BCUT2D eigenvalue weighted by atomic mass is 16.2. The average molecular weight is 319 g/mol. The second-order valence-corrected chi connectivity index (χ2v) is 5.93. The fourth-order valence-corrected chi connectivity index (χ4v) is 3.28. The molecule has 5 nitrogen and oxygen atoms in total. The van der Waals surface area contributed by atoms with Gasteiger partial charge in [0.1, 0.15) is 13.1 Å². The Morgan fingerprint density at radius 1 is 1.04 bits per heavy atom. The fourth-order valence-electron chi connectivity index (χ4n) is 3.28. The van der Waals surface area contributed by atoms with Crippen molar-refractivity contribution in [1.82, 2.24) is 0 Å². The van der Waals surface area contributed by atoms with Gasteiger partial charge in [-0.05, 0) is 24.1 Å². The number of carbonyl (C=O) groups is 2. The molecule has 0 saturated carbocycles. The number of benzene rings is 2. The van der Waals surface area contributed by atoms with E-state index in [1.165, 1.54) is 5.56 Å². The summed E-state index contributed by atoms with van der Waals surface area (Å²) in [7, 11) is 0. The lowest BCUT2D eigenvalue weighted by Gasteiger charge is -2.25. The highest BCUT2D eigenvalue weighted by molar-refractivity contribution is 6.08. The van der Waals surface area contributed by atoms with Gasteiger partial charge >= 0.3 is 0 Å². The van der Waals surface area contributed by atoms with Crippen LogP contribution in [0.1, 0.15) is 11.1 Å². The molecule has 0 radical (unpaired) electrons. The molecule has 5 heteroatoms. The number of hydrogen-bond acceptors (Lipinski definition) is 3. The molecule has 2 aromatic rings. The molecule has 0 aliphatic carbocycles. The van der Waals surface area contributed by atoms with Gasteiger partial charge < -0.3 is 9.80 Å². The van der Waals surface area contributed by atoms with Crippen LogP contribution in [0.25, 0.3) is 0 Å². The third-order valence-electron chi connectivity index (χ3n) is 4.47. The number of rotatable bonds is 2. The number of aliphatic imine (C=N–C) groups is 1. The van der Waals surface area contributed by atoms with Crippen LogP contribution in [0.4, 0.5) is 11.4 Å². The van der Waals surface area contributed by atoms with Crippen molar-refractivity contribution in [2.75, 3.05) is 29.4 Å². The molecule has 120 valence electrons. The SMILES string of the molecule is O=C1CN=Cc2ccccc2N1CC(=O)N1CCc2ccccc21. The summed E-state index contributed by atoms with van der Waals surface area (Å²) < 4.78 is 0. The number of para-hydroxylation sites is 2. The summed E-state index contributed by atoms with van der Waals surface area (Å²) in [6, 6.07) is 15.5. The highest BCUT2D eigenvalue weighted by Gasteiger charge is 2.28. The molecule has 0 unspecified atom stereocenters. The molecule has 0 fully saturated rings. The van der Waals surface area contributed by atoms with E-state index in [-0.39, 0.29) is 24.9 Å². The minimum absolute atomic E-state index is 0.0353. The van der Waals surface area contributed by atoms with Gasteiger partial charge in [-0.1, -0.05) is 36.4 Å². The predicted octanol–water partition coefficient (Wildman–Crippen LogP) is 2.04. The third-order valence-corrected chi connectivity index (χ3v) is 4.47. The van der Waals surface area contributed by atoms with Gasteiger partial charge in [0.2, 0.25) is 11.8 Å². The molecule has 0 bridgehead atoms. The third kappa shape index (κ3) is 2.48. The maximum Gasteiger partial charge on any atom is 0.249 e. The van der Waals surface area contributed by atoms with Crippen LogP contribution < -0.4 is 9.80 Å². The summed E-state index contributed by atoms with van der Waals surface area (Å²) in [6.07, 6.45) is 2.55. The first kappa shape index (κ1) is 14.6. The van der Waals surface area contributed by atoms with Crippen molar-refractivity contribution in [3.8, 4) is 0 Å². The van der Waals surface area contributed by atoms with Crippen LogP contribution in [-0.4, -0.2) is 37.7 Å². The second-order valence-electron chi connectivity index (χ2n) is 5.93. The normalized spacial score (nSPS) is 15.9. The Morgan fingerprint density at radius 2 is 1.79 bits per heavy atom. The number of nitrogens with zero attached hydrogens (tertiary/aromatic N) is 3. The van der Waals surface area contributed by atoms with Crippen LogP contribution in [0.15, 0.2) is 53.5 Å². The molecule has 0 spiro atoms. The zero-order valence-electron chi connectivity index (χ0n) is 13.2. The van der Waals surface area contributed by atoms with Crippen LogP contribution in [0.3, 0.4) is 0 Å². The highest BCUT2D eigenvalue weighted by Crippen LogP contribution is 2.28. The maximum absolute atomic E-state index is 12.8. The van der Waals surface area contributed by atoms with Gasteiger partial charge in [-0.3, -0.25) is 14.6 Å². The van der Waals surface area contributed by atoms with Crippen LogP contribution in [-0.2, 0) is 16.0 Å². The molecule has 0 atom stereocenters. The lowest BCUT2D eigenvalue weighted by atomic mass is 10.1. The molecule has 0 N–H and O–H groups in total. The molecule has 0 saturated heterocycles. The summed E-state index contributed by atoms with van der Waals surface area (Å²) in [5.41, 5.74) is 3.73. The van der Waals surface area contributed by atoms with Gasteiger partial charge in [-0.2, -0.15) is 0 Å². The fraction of sp³-hybridized carbons (Fsp3) is 0.211.